The second-order valence-electron chi connectivity index (χ2n) is 6.95. The van der Waals surface area contributed by atoms with E-state index in [0.717, 1.165) is 16.1 Å². The number of sulfonamides is 1. The lowest BCUT2D eigenvalue weighted by Gasteiger charge is -2.24. The molecule has 0 fully saturated rings. The van der Waals surface area contributed by atoms with E-state index in [2.05, 4.69) is 26.1 Å². The fraction of sp³-hybridized carbons (Fsp3) is 0.389. The molecule has 0 atom stereocenters. The van der Waals surface area contributed by atoms with E-state index in [0.29, 0.717) is 11.4 Å². The molecule has 25 heavy (non-hydrogen) atoms. The van der Waals surface area contributed by atoms with Gasteiger partial charge in [-0.05, 0) is 29.2 Å². The molecule has 0 aliphatic heterocycles. The van der Waals surface area contributed by atoms with Crippen molar-refractivity contribution in [3.8, 4) is 0 Å². The minimum atomic E-state index is -3.55. The number of furan rings is 1. The number of rotatable bonds is 6. The molecule has 1 aromatic heterocycles. The van der Waals surface area contributed by atoms with Crippen molar-refractivity contribution < 1.29 is 17.6 Å². The first-order valence-electron chi connectivity index (χ1n) is 7.94. The maximum Gasteiger partial charge on any atom is 0.239 e. The number of hydrogen-bond acceptors (Lipinski definition) is 4. The molecule has 0 aliphatic carbocycles. The Balaban J connectivity index is 2.15. The number of nitrogens with one attached hydrogen (secondary N) is 1. The summed E-state index contributed by atoms with van der Waals surface area (Å²) < 4.78 is 30.2. The van der Waals surface area contributed by atoms with Gasteiger partial charge in [0.15, 0.2) is 0 Å². The third-order valence-electron chi connectivity index (χ3n) is 3.71. The van der Waals surface area contributed by atoms with Crippen molar-refractivity contribution in [3.05, 3.63) is 54.0 Å². The summed E-state index contributed by atoms with van der Waals surface area (Å²) in [5.74, 6) is 0.0852. The highest BCUT2D eigenvalue weighted by Crippen LogP contribution is 2.29. The first-order chi connectivity index (χ1) is 11.6. The fourth-order valence-corrected chi connectivity index (χ4v) is 3.18. The lowest BCUT2D eigenvalue weighted by Crippen LogP contribution is -2.37. The maximum absolute atomic E-state index is 12.4. The van der Waals surface area contributed by atoms with Crippen LogP contribution in [0.3, 0.4) is 0 Å². The predicted octanol–water partition coefficient (Wildman–Crippen LogP) is 2.98. The summed E-state index contributed by atoms with van der Waals surface area (Å²) in [4.78, 5) is 12.4. The molecule has 6 nitrogen and oxygen atoms in total. The molecule has 0 spiro atoms. The molecular formula is C18H24N2O4S. The first kappa shape index (κ1) is 19.2. The van der Waals surface area contributed by atoms with Crippen LogP contribution in [0.4, 0.5) is 5.69 Å². The molecule has 2 aromatic rings. The average Bonchev–Trinajstić information content (AvgIpc) is 2.98. The Bertz CT molecular complexity index is 821. The Morgan fingerprint density at radius 3 is 2.40 bits per heavy atom. The van der Waals surface area contributed by atoms with Crippen molar-refractivity contribution in [2.24, 2.45) is 0 Å². The van der Waals surface area contributed by atoms with Crippen LogP contribution in [0.1, 0.15) is 32.1 Å². The molecule has 0 bridgehead atoms. The van der Waals surface area contributed by atoms with Gasteiger partial charge in [-0.15, -0.1) is 0 Å². The Morgan fingerprint density at radius 1 is 1.16 bits per heavy atom. The third-order valence-corrected chi connectivity index (χ3v) is 4.91. The van der Waals surface area contributed by atoms with Gasteiger partial charge in [0, 0.05) is 5.69 Å². The van der Waals surface area contributed by atoms with Crippen LogP contribution in [0.25, 0.3) is 0 Å². The molecule has 7 heteroatoms. The van der Waals surface area contributed by atoms with Gasteiger partial charge >= 0.3 is 0 Å². The van der Waals surface area contributed by atoms with E-state index in [1.165, 1.54) is 6.26 Å². The molecule has 1 N–H and O–H groups in total. The molecule has 0 aliphatic rings. The van der Waals surface area contributed by atoms with Gasteiger partial charge in [0.1, 0.15) is 5.76 Å². The van der Waals surface area contributed by atoms with Gasteiger partial charge in [-0.25, -0.2) is 8.42 Å². The van der Waals surface area contributed by atoms with Gasteiger partial charge in [0.25, 0.3) is 0 Å². The number of carbonyl (C=O) groups is 1. The monoisotopic (exact) mass is 364 g/mol. The van der Waals surface area contributed by atoms with Gasteiger partial charge in [-0.3, -0.25) is 4.79 Å². The second-order valence-corrected chi connectivity index (χ2v) is 8.94. The summed E-state index contributed by atoms with van der Waals surface area (Å²) in [5.41, 5.74) is 1.53. The summed E-state index contributed by atoms with van der Waals surface area (Å²) in [6.45, 7) is 5.89. The minimum Gasteiger partial charge on any atom is -0.468 e. The number of hydrogen-bond donors (Lipinski definition) is 1. The standard InChI is InChI=1S/C18H24N2O4S/c1-18(2,3)15-9-5-6-10-16(15)19-17(21)13-20(25(4,22)23)12-14-8-7-11-24-14/h5-11H,12-13H2,1-4H3,(H,19,21). The lowest BCUT2D eigenvalue weighted by molar-refractivity contribution is -0.116. The van der Waals surface area contributed by atoms with E-state index >= 15 is 0 Å². The van der Waals surface area contributed by atoms with Crippen molar-refractivity contribution in [3.63, 3.8) is 0 Å². The van der Waals surface area contributed by atoms with E-state index < -0.39 is 15.9 Å². The summed E-state index contributed by atoms with van der Waals surface area (Å²) in [6, 6.07) is 10.9. The van der Waals surface area contributed by atoms with Crippen LogP contribution in [0.2, 0.25) is 0 Å². The van der Waals surface area contributed by atoms with Gasteiger partial charge in [-0.1, -0.05) is 39.0 Å². The van der Waals surface area contributed by atoms with Crippen molar-refractivity contribution in [1.29, 1.82) is 0 Å². The average molecular weight is 364 g/mol. The SMILES string of the molecule is CC(C)(C)c1ccccc1NC(=O)CN(Cc1ccco1)S(C)(=O)=O. The van der Waals surface area contributed by atoms with Crippen LogP contribution < -0.4 is 5.32 Å². The smallest absolute Gasteiger partial charge is 0.239 e. The number of nitrogens with zero attached hydrogens (tertiary/aromatic N) is 1. The van der Waals surface area contributed by atoms with Crippen LogP contribution in [-0.2, 0) is 26.8 Å². The van der Waals surface area contributed by atoms with Crippen LogP contribution in [0.5, 0.6) is 0 Å². The molecule has 0 unspecified atom stereocenters. The van der Waals surface area contributed by atoms with E-state index in [1.807, 2.05) is 24.3 Å². The molecule has 1 aromatic carbocycles. The van der Waals surface area contributed by atoms with Crippen LogP contribution in [0, 0.1) is 0 Å². The second kappa shape index (κ2) is 7.41. The normalized spacial score (nSPS) is 12.4. The van der Waals surface area contributed by atoms with Crippen LogP contribution >= 0.6 is 0 Å². The summed E-state index contributed by atoms with van der Waals surface area (Å²) in [6.07, 6.45) is 2.54. The Morgan fingerprint density at radius 2 is 1.84 bits per heavy atom. The summed E-state index contributed by atoms with van der Waals surface area (Å²) >= 11 is 0. The largest absolute Gasteiger partial charge is 0.468 e. The van der Waals surface area contributed by atoms with Crippen LogP contribution in [0.15, 0.2) is 47.1 Å². The van der Waals surface area contributed by atoms with Gasteiger partial charge in [0.05, 0.1) is 25.6 Å². The Kier molecular flexibility index (Phi) is 5.69. The minimum absolute atomic E-state index is 0.0141. The zero-order valence-corrected chi connectivity index (χ0v) is 15.8. The number of amides is 1. The Hall–Kier alpha value is -2.12. The molecule has 1 heterocycles. The van der Waals surface area contributed by atoms with E-state index in [9.17, 15) is 13.2 Å². The highest BCUT2D eigenvalue weighted by atomic mass is 32.2. The Labute approximate surface area is 148 Å². The fourth-order valence-electron chi connectivity index (χ4n) is 2.46. The first-order valence-corrected chi connectivity index (χ1v) is 9.79. The highest BCUT2D eigenvalue weighted by molar-refractivity contribution is 7.88. The van der Waals surface area contributed by atoms with Gasteiger partial charge in [-0.2, -0.15) is 4.31 Å². The summed E-state index contributed by atoms with van der Waals surface area (Å²) in [7, 11) is -3.55. The highest BCUT2D eigenvalue weighted by Gasteiger charge is 2.23. The third kappa shape index (κ3) is 5.44. The zero-order valence-electron chi connectivity index (χ0n) is 14.9. The maximum atomic E-state index is 12.4. The molecule has 0 radical (unpaired) electrons. The number of anilines is 1. The lowest BCUT2D eigenvalue weighted by atomic mass is 9.86. The van der Waals surface area contributed by atoms with Crippen LogP contribution in [-0.4, -0.2) is 31.4 Å². The molecule has 0 saturated carbocycles. The van der Waals surface area contributed by atoms with E-state index in [1.54, 1.807) is 12.1 Å². The van der Waals surface area contributed by atoms with E-state index in [-0.39, 0.29) is 18.5 Å². The zero-order chi connectivity index (χ0) is 18.7. The molecule has 136 valence electrons. The van der Waals surface area contributed by atoms with Crippen molar-refractivity contribution in [1.82, 2.24) is 4.31 Å². The number of para-hydroxylation sites is 1. The van der Waals surface area contributed by atoms with Crippen molar-refractivity contribution in [2.45, 2.75) is 32.7 Å². The molecule has 0 saturated heterocycles. The topological polar surface area (TPSA) is 79.6 Å². The predicted molar refractivity (Wildman–Crippen MR) is 97.7 cm³/mol. The molecule has 1 amide bonds. The van der Waals surface area contributed by atoms with Gasteiger partial charge < -0.3 is 9.73 Å². The summed E-state index contributed by atoms with van der Waals surface area (Å²) in [5, 5.41) is 2.82. The van der Waals surface area contributed by atoms with E-state index in [4.69, 9.17) is 4.42 Å². The van der Waals surface area contributed by atoms with Crippen molar-refractivity contribution >= 4 is 21.6 Å². The van der Waals surface area contributed by atoms with Gasteiger partial charge in [0.2, 0.25) is 15.9 Å². The number of benzene rings is 1. The quantitative estimate of drug-likeness (QED) is 0.854. The molecule has 2 rings (SSSR count). The number of carbonyl (C=O) groups excluding carboxylic acids is 1. The van der Waals surface area contributed by atoms with Crippen molar-refractivity contribution in [2.75, 3.05) is 18.1 Å². The molecular weight excluding hydrogens is 340 g/mol.